The van der Waals surface area contributed by atoms with Crippen LogP contribution in [0.4, 0.5) is 10.1 Å². The second kappa shape index (κ2) is 8.85. The second-order valence-corrected chi connectivity index (χ2v) is 9.06. The third kappa shape index (κ3) is 4.63. The van der Waals surface area contributed by atoms with Crippen molar-refractivity contribution in [1.29, 1.82) is 0 Å². The summed E-state index contributed by atoms with van der Waals surface area (Å²) in [6.07, 6.45) is 0. The highest BCUT2D eigenvalue weighted by atomic mass is 35.5. The molecular weight excluding hydrogens is 427 g/mol. The summed E-state index contributed by atoms with van der Waals surface area (Å²) in [7, 11) is -1.02. The Kier molecular flexibility index (Phi) is 6.43. The monoisotopic (exact) mass is 446 g/mol. The van der Waals surface area contributed by atoms with Crippen molar-refractivity contribution in [2.45, 2.75) is 11.4 Å². The fourth-order valence-electron chi connectivity index (χ4n) is 2.88. The van der Waals surface area contributed by atoms with E-state index in [0.717, 1.165) is 9.87 Å². The van der Waals surface area contributed by atoms with Gasteiger partial charge < -0.3 is 4.90 Å². The lowest BCUT2D eigenvalue weighted by Gasteiger charge is -2.25. The predicted octanol–water partition coefficient (Wildman–Crippen LogP) is 4.58. The van der Waals surface area contributed by atoms with Gasteiger partial charge in [-0.2, -0.15) is 0 Å². The lowest BCUT2D eigenvalue weighted by molar-refractivity contribution is 0.0827. The van der Waals surface area contributed by atoms with Gasteiger partial charge in [-0.1, -0.05) is 41.9 Å². The van der Waals surface area contributed by atoms with E-state index in [1.807, 2.05) is 6.07 Å². The summed E-state index contributed by atoms with van der Waals surface area (Å²) < 4.78 is 41.8. The highest BCUT2D eigenvalue weighted by molar-refractivity contribution is 7.93. The van der Waals surface area contributed by atoms with Crippen molar-refractivity contribution in [2.24, 2.45) is 0 Å². The molecule has 0 aliphatic heterocycles. The van der Waals surface area contributed by atoms with Crippen LogP contribution in [0.2, 0.25) is 5.02 Å². The molecule has 30 heavy (non-hydrogen) atoms. The summed E-state index contributed by atoms with van der Waals surface area (Å²) in [4.78, 5) is 13.5. The van der Waals surface area contributed by atoms with Gasteiger partial charge in [-0.15, -0.1) is 0 Å². The lowest BCUT2D eigenvalue weighted by Crippen LogP contribution is -2.31. The normalized spacial score (nSPS) is 11.2. The first-order valence-electron chi connectivity index (χ1n) is 9.03. The minimum absolute atomic E-state index is 0.00882. The first-order chi connectivity index (χ1) is 14.2. The summed E-state index contributed by atoms with van der Waals surface area (Å²) in [5, 5.41) is -0.00882. The molecule has 0 atom stereocenters. The number of carbonyl (C=O) groups excluding carboxylic acids is 1. The maximum absolute atomic E-state index is 13.6. The van der Waals surface area contributed by atoms with Crippen LogP contribution in [0, 0.1) is 5.82 Å². The van der Waals surface area contributed by atoms with Crippen molar-refractivity contribution in [1.82, 2.24) is 4.90 Å². The number of nitrogens with zero attached hydrogens (tertiary/aromatic N) is 2. The molecule has 1 amide bonds. The van der Waals surface area contributed by atoms with Crippen LogP contribution in [0.1, 0.15) is 15.9 Å². The number of hydrogen-bond donors (Lipinski definition) is 0. The number of anilines is 1. The number of benzene rings is 3. The van der Waals surface area contributed by atoms with E-state index in [2.05, 4.69) is 0 Å². The molecule has 0 unspecified atom stereocenters. The van der Waals surface area contributed by atoms with Gasteiger partial charge in [0.15, 0.2) is 0 Å². The number of rotatable bonds is 6. The third-order valence-electron chi connectivity index (χ3n) is 4.44. The zero-order chi connectivity index (χ0) is 21.9. The molecular formula is C22H20ClFN2O3S. The standard InChI is InChI=1S/C22H20ClFN2O3S/c1-25(2)22(27)17-8-13-20(23)21(14-17)30(28,29)26(15-16-6-4-3-5-7-16)19-11-9-18(24)10-12-19/h3-14H,15H2,1-2H3. The van der Waals surface area contributed by atoms with Crippen LogP contribution in [0.3, 0.4) is 0 Å². The molecule has 0 fully saturated rings. The predicted molar refractivity (Wildman–Crippen MR) is 116 cm³/mol. The van der Waals surface area contributed by atoms with Gasteiger partial charge in [0.1, 0.15) is 10.7 Å². The number of sulfonamides is 1. The van der Waals surface area contributed by atoms with E-state index in [-0.39, 0.29) is 33.6 Å². The first-order valence-corrected chi connectivity index (χ1v) is 10.9. The average Bonchev–Trinajstić information content (AvgIpc) is 2.73. The van der Waals surface area contributed by atoms with E-state index >= 15 is 0 Å². The maximum atomic E-state index is 13.6. The molecule has 8 heteroatoms. The van der Waals surface area contributed by atoms with Gasteiger partial charge >= 0.3 is 0 Å². The number of carbonyl (C=O) groups is 1. The molecule has 3 aromatic carbocycles. The molecule has 0 radical (unpaired) electrons. The Hall–Kier alpha value is -2.90. The topological polar surface area (TPSA) is 57.7 Å². The van der Waals surface area contributed by atoms with Crippen LogP contribution in [0.25, 0.3) is 0 Å². The molecule has 0 aliphatic carbocycles. The fraction of sp³-hybridized carbons (Fsp3) is 0.136. The molecule has 0 N–H and O–H groups in total. The van der Waals surface area contributed by atoms with Gasteiger partial charge in [-0.25, -0.2) is 12.8 Å². The highest BCUT2D eigenvalue weighted by Crippen LogP contribution is 2.31. The van der Waals surface area contributed by atoms with Crippen molar-refractivity contribution in [3.05, 3.63) is 94.8 Å². The molecule has 0 saturated carbocycles. The molecule has 0 heterocycles. The molecule has 5 nitrogen and oxygen atoms in total. The molecule has 0 saturated heterocycles. The van der Waals surface area contributed by atoms with Gasteiger partial charge in [-0.05, 0) is 48.0 Å². The summed E-state index contributed by atoms with van der Waals surface area (Å²) >= 11 is 6.23. The summed E-state index contributed by atoms with van der Waals surface area (Å²) in [6.45, 7) is 0.0109. The van der Waals surface area contributed by atoms with Crippen molar-refractivity contribution < 1.29 is 17.6 Å². The lowest BCUT2D eigenvalue weighted by atomic mass is 10.2. The summed E-state index contributed by atoms with van der Waals surface area (Å²) in [5.41, 5.74) is 1.21. The largest absolute Gasteiger partial charge is 0.345 e. The number of hydrogen-bond acceptors (Lipinski definition) is 3. The smallest absolute Gasteiger partial charge is 0.266 e. The molecule has 0 spiro atoms. The van der Waals surface area contributed by atoms with Crippen molar-refractivity contribution in [3.63, 3.8) is 0 Å². The molecule has 156 valence electrons. The van der Waals surface area contributed by atoms with Crippen LogP contribution in [-0.2, 0) is 16.6 Å². The Bertz CT molecular complexity index is 1150. The fourth-order valence-corrected chi connectivity index (χ4v) is 4.84. The van der Waals surface area contributed by atoms with Crippen LogP contribution in [0.5, 0.6) is 0 Å². The Balaban J connectivity index is 2.13. The molecule has 0 aromatic heterocycles. The zero-order valence-corrected chi connectivity index (χ0v) is 18.0. The van der Waals surface area contributed by atoms with Crippen LogP contribution >= 0.6 is 11.6 Å². The van der Waals surface area contributed by atoms with E-state index in [1.165, 1.54) is 47.4 Å². The van der Waals surface area contributed by atoms with E-state index < -0.39 is 15.8 Å². The summed E-state index contributed by atoms with van der Waals surface area (Å²) in [5.74, 6) is -0.827. The Labute approximate surface area is 180 Å². The molecule has 0 bridgehead atoms. The van der Waals surface area contributed by atoms with Crippen molar-refractivity contribution in [2.75, 3.05) is 18.4 Å². The highest BCUT2D eigenvalue weighted by Gasteiger charge is 2.29. The van der Waals surface area contributed by atoms with E-state index in [9.17, 15) is 17.6 Å². The van der Waals surface area contributed by atoms with Gasteiger partial charge in [0, 0.05) is 19.7 Å². The van der Waals surface area contributed by atoms with Gasteiger partial charge in [-0.3, -0.25) is 9.10 Å². The van der Waals surface area contributed by atoms with Crippen molar-refractivity contribution >= 4 is 33.2 Å². The second-order valence-electron chi connectivity index (χ2n) is 6.82. The maximum Gasteiger partial charge on any atom is 0.266 e. The Morgan fingerprint density at radius 3 is 2.20 bits per heavy atom. The quantitative estimate of drug-likeness (QED) is 0.557. The van der Waals surface area contributed by atoms with Gasteiger partial charge in [0.05, 0.1) is 17.3 Å². The van der Waals surface area contributed by atoms with Crippen molar-refractivity contribution in [3.8, 4) is 0 Å². The van der Waals surface area contributed by atoms with Crippen LogP contribution < -0.4 is 4.31 Å². The van der Waals surface area contributed by atoms with Crippen LogP contribution in [0.15, 0.2) is 77.7 Å². The van der Waals surface area contributed by atoms with Gasteiger partial charge in [0.2, 0.25) is 0 Å². The minimum Gasteiger partial charge on any atom is -0.345 e. The summed E-state index contributed by atoms with van der Waals surface area (Å²) in [6, 6.07) is 18.3. The average molecular weight is 447 g/mol. The molecule has 3 aromatic rings. The van der Waals surface area contributed by atoms with Gasteiger partial charge in [0.25, 0.3) is 15.9 Å². The Morgan fingerprint density at radius 2 is 1.60 bits per heavy atom. The first kappa shape index (κ1) is 21.8. The van der Waals surface area contributed by atoms with E-state index in [1.54, 1.807) is 38.4 Å². The van der Waals surface area contributed by atoms with E-state index in [4.69, 9.17) is 11.6 Å². The zero-order valence-electron chi connectivity index (χ0n) is 16.4. The van der Waals surface area contributed by atoms with E-state index in [0.29, 0.717) is 0 Å². The molecule has 0 aliphatic rings. The number of halogens is 2. The minimum atomic E-state index is -4.17. The Morgan fingerprint density at radius 1 is 0.967 bits per heavy atom. The molecule has 3 rings (SSSR count). The SMILES string of the molecule is CN(C)C(=O)c1ccc(Cl)c(S(=O)(=O)N(Cc2ccccc2)c2ccc(F)cc2)c1. The number of amides is 1. The third-order valence-corrected chi connectivity index (χ3v) is 6.69. The van der Waals surface area contributed by atoms with Crippen LogP contribution in [-0.4, -0.2) is 33.3 Å².